The number of imidazole rings is 1. The Bertz CT molecular complexity index is 1130. The molecule has 1 N–H and O–H groups in total. The fraction of sp³-hybridized carbons (Fsp3) is 0.182. The van der Waals surface area contributed by atoms with Crippen LogP contribution in [-0.2, 0) is 17.6 Å². The van der Waals surface area contributed by atoms with Gasteiger partial charge in [-0.15, -0.1) is 11.3 Å². The summed E-state index contributed by atoms with van der Waals surface area (Å²) in [7, 11) is 1.66. The summed E-state index contributed by atoms with van der Waals surface area (Å²) in [5.74, 6) is 0.829. The van der Waals surface area contributed by atoms with Crippen molar-refractivity contribution in [2.75, 3.05) is 13.7 Å². The van der Waals surface area contributed by atoms with Crippen LogP contribution < -0.4 is 10.1 Å². The molecule has 0 saturated carbocycles. The number of aromatic nitrogens is 2. The highest BCUT2D eigenvalue weighted by atomic mass is 35.5. The fourth-order valence-corrected chi connectivity index (χ4v) is 4.19. The number of nitrogens with zero attached hydrogens (tertiary/aromatic N) is 2. The Morgan fingerprint density at radius 2 is 2.00 bits per heavy atom. The second-order valence-electron chi connectivity index (χ2n) is 6.60. The number of hydrogen-bond donors (Lipinski definition) is 1. The minimum absolute atomic E-state index is 0.0126. The lowest BCUT2D eigenvalue weighted by Crippen LogP contribution is -2.27. The number of methoxy groups -OCH3 is 1. The Hall–Kier alpha value is -2.83. The van der Waals surface area contributed by atoms with Gasteiger partial charge in [0.05, 0.1) is 19.2 Å². The zero-order valence-electron chi connectivity index (χ0n) is 15.9. The fourth-order valence-electron chi connectivity index (χ4n) is 3.19. The molecule has 5 nitrogen and oxygen atoms in total. The maximum atomic E-state index is 12.4. The molecule has 2 aromatic carbocycles. The summed E-state index contributed by atoms with van der Waals surface area (Å²) in [6, 6.07) is 15.4. The predicted octanol–water partition coefficient (Wildman–Crippen LogP) is 4.63. The molecule has 148 valence electrons. The molecular formula is C22H20ClN3O2S. The number of nitrogens with one attached hydrogen (secondary N) is 1. The summed E-state index contributed by atoms with van der Waals surface area (Å²) in [6.07, 6.45) is 3.00. The standard InChI is InChI=1S/C22H20ClN3O2S/c1-28-20-5-3-2-4-16(20)10-11-24-21(27)12-18-14-29-22-25-19(13-26(18)22)15-6-8-17(23)9-7-15/h2-9,13-14H,10-12H2,1H3,(H,24,27). The van der Waals surface area contributed by atoms with E-state index in [0.717, 1.165) is 39.6 Å². The lowest BCUT2D eigenvalue weighted by Gasteiger charge is -2.09. The van der Waals surface area contributed by atoms with Gasteiger partial charge in [0.25, 0.3) is 0 Å². The van der Waals surface area contributed by atoms with Crippen LogP contribution in [-0.4, -0.2) is 28.9 Å². The van der Waals surface area contributed by atoms with E-state index >= 15 is 0 Å². The molecule has 4 aromatic rings. The van der Waals surface area contributed by atoms with E-state index in [1.165, 1.54) is 11.3 Å². The first kappa shape index (κ1) is 19.5. The number of benzene rings is 2. The Balaban J connectivity index is 1.40. The van der Waals surface area contributed by atoms with Gasteiger partial charge in [0.1, 0.15) is 5.75 Å². The summed E-state index contributed by atoms with van der Waals surface area (Å²) in [5, 5.41) is 5.67. The molecule has 0 saturated heterocycles. The SMILES string of the molecule is COc1ccccc1CCNC(=O)Cc1csc2nc(-c3ccc(Cl)cc3)cn12. The number of halogens is 1. The second-order valence-corrected chi connectivity index (χ2v) is 7.87. The van der Waals surface area contributed by atoms with E-state index in [1.807, 2.05) is 64.5 Å². The maximum Gasteiger partial charge on any atom is 0.225 e. The molecule has 0 unspecified atom stereocenters. The highest BCUT2D eigenvalue weighted by molar-refractivity contribution is 7.15. The van der Waals surface area contributed by atoms with Gasteiger partial charge in [0.2, 0.25) is 5.91 Å². The third kappa shape index (κ3) is 4.44. The molecule has 0 aliphatic carbocycles. The van der Waals surface area contributed by atoms with Gasteiger partial charge in [-0.3, -0.25) is 9.20 Å². The molecule has 0 radical (unpaired) electrons. The van der Waals surface area contributed by atoms with Crippen LogP contribution in [0.2, 0.25) is 5.02 Å². The van der Waals surface area contributed by atoms with Crippen molar-refractivity contribution in [1.82, 2.24) is 14.7 Å². The van der Waals surface area contributed by atoms with Gasteiger partial charge in [0, 0.05) is 34.4 Å². The number of fused-ring (bicyclic) bond motifs is 1. The number of amides is 1. The van der Waals surface area contributed by atoms with Crippen LogP contribution in [0.25, 0.3) is 16.2 Å². The van der Waals surface area contributed by atoms with E-state index in [4.69, 9.17) is 16.3 Å². The Morgan fingerprint density at radius 3 is 2.79 bits per heavy atom. The van der Waals surface area contributed by atoms with Crippen molar-refractivity contribution in [2.24, 2.45) is 0 Å². The number of carbonyl (C=O) groups excluding carboxylic acids is 1. The molecular weight excluding hydrogens is 406 g/mol. The van der Waals surface area contributed by atoms with Crippen molar-refractivity contribution in [3.8, 4) is 17.0 Å². The zero-order chi connectivity index (χ0) is 20.2. The van der Waals surface area contributed by atoms with E-state index < -0.39 is 0 Å². The van der Waals surface area contributed by atoms with Crippen molar-refractivity contribution < 1.29 is 9.53 Å². The molecule has 2 aromatic heterocycles. The molecule has 29 heavy (non-hydrogen) atoms. The Labute approximate surface area is 177 Å². The molecule has 0 fully saturated rings. The topological polar surface area (TPSA) is 55.6 Å². The molecule has 7 heteroatoms. The summed E-state index contributed by atoms with van der Waals surface area (Å²) in [6.45, 7) is 0.562. The maximum absolute atomic E-state index is 12.4. The van der Waals surface area contributed by atoms with Crippen LogP contribution in [0.1, 0.15) is 11.3 Å². The normalized spacial score (nSPS) is 11.0. The zero-order valence-corrected chi connectivity index (χ0v) is 17.5. The van der Waals surface area contributed by atoms with E-state index in [9.17, 15) is 4.79 Å². The number of hydrogen-bond acceptors (Lipinski definition) is 4. The average Bonchev–Trinajstić information content (AvgIpc) is 3.31. The molecule has 4 rings (SSSR count). The third-order valence-corrected chi connectivity index (χ3v) is 5.81. The van der Waals surface area contributed by atoms with Gasteiger partial charge >= 0.3 is 0 Å². The van der Waals surface area contributed by atoms with Gasteiger partial charge in [-0.1, -0.05) is 41.9 Å². The predicted molar refractivity (Wildman–Crippen MR) is 117 cm³/mol. The molecule has 0 aliphatic rings. The first-order valence-corrected chi connectivity index (χ1v) is 10.5. The second kappa shape index (κ2) is 8.68. The smallest absolute Gasteiger partial charge is 0.225 e. The van der Waals surface area contributed by atoms with Crippen LogP contribution in [0.15, 0.2) is 60.1 Å². The van der Waals surface area contributed by atoms with Crippen LogP contribution in [0, 0.1) is 0 Å². The van der Waals surface area contributed by atoms with Gasteiger partial charge in [-0.05, 0) is 30.2 Å². The van der Waals surface area contributed by atoms with Crippen molar-refractivity contribution >= 4 is 33.8 Å². The van der Waals surface area contributed by atoms with Crippen molar-refractivity contribution in [3.63, 3.8) is 0 Å². The molecule has 0 atom stereocenters. The molecule has 0 spiro atoms. The van der Waals surface area contributed by atoms with Gasteiger partial charge in [0.15, 0.2) is 4.96 Å². The van der Waals surface area contributed by atoms with Crippen molar-refractivity contribution in [2.45, 2.75) is 12.8 Å². The summed E-state index contributed by atoms with van der Waals surface area (Å²) in [4.78, 5) is 17.9. The minimum Gasteiger partial charge on any atom is -0.496 e. The number of para-hydroxylation sites is 1. The monoisotopic (exact) mass is 425 g/mol. The van der Waals surface area contributed by atoms with Gasteiger partial charge < -0.3 is 10.1 Å². The summed E-state index contributed by atoms with van der Waals surface area (Å²) < 4.78 is 7.33. The highest BCUT2D eigenvalue weighted by Crippen LogP contribution is 2.25. The Morgan fingerprint density at radius 1 is 1.21 bits per heavy atom. The minimum atomic E-state index is -0.0126. The largest absolute Gasteiger partial charge is 0.496 e. The molecule has 0 bridgehead atoms. The van der Waals surface area contributed by atoms with Crippen molar-refractivity contribution in [3.05, 3.63) is 76.4 Å². The molecule has 1 amide bonds. The number of carbonyl (C=O) groups is 1. The lowest BCUT2D eigenvalue weighted by molar-refractivity contribution is -0.120. The Kier molecular flexibility index (Phi) is 5.83. The lowest BCUT2D eigenvalue weighted by atomic mass is 10.1. The van der Waals surface area contributed by atoms with Crippen LogP contribution in [0.3, 0.4) is 0 Å². The van der Waals surface area contributed by atoms with Gasteiger partial charge in [-0.25, -0.2) is 4.98 Å². The van der Waals surface area contributed by atoms with Crippen molar-refractivity contribution in [1.29, 1.82) is 0 Å². The number of ether oxygens (including phenoxy) is 1. The van der Waals surface area contributed by atoms with E-state index in [-0.39, 0.29) is 5.91 Å². The van der Waals surface area contributed by atoms with Crippen LogP contribution >= 0.6 is 22.9 Å². The first-order chi connectivity index (χ1) is 14.1. The molecule has 2 heterocycles. The summed E-state index contributed by atoms with van der Waals surface area (Å²) in [5.41, 5.74) is 3.87. The van der Waals surface area contributed by atoms with Crippen LogP contribution in [0.5, 0.6) is 5.75 Å². The number of rotatable bonds is 7. The third-order valence-electron chi connectivity index (χ3n) is 4.67. The summed E-state index contributed by atoms with van der Waals surface area (Å²) >= 11 is 7.49. The molecule has 0 aliphatic heterocycles. The number of thiazole rings is 1. The highest BCUT2D eigenvalue weighted by Gasteiger charge is 2.13. The quantitative estimate of drug-likeness (QED) is 0.469. The van der Waals surface area contributed by atoms with Gasteiger partial charge in [-0.2, -0.15) is 0 Å². The van der Waals surface area contributed by atoms with E-state index in [1.54, 1.807) is 7.11 Å². The van der Waals surface area contributed by atoms with E-state index in [2.05, 4.69) is 10.3 Å². The van der Waals surface area contributed by atoms with E-state index in [0.29, 0.717) is 18.0 Å². The first-order valence-electron chi connectivity index (χ1n) is 9.24. The van der Waals surface area contributed by atoms with Crippen LogP contribution in [0.4, 0.5) is 0 Å². The average molecular weight is 426 g/mol.